The molecule has 0 aliphatic rings. The molecule has 0 bridgehead atoms. The van der Waals surface area contributed by atoms with Crippen LogP contribution in [0, 0.1) is 6.92 Å². The van der Waals surface area contributed by atoms with Crippen LogP contribution in [0.3, 0.4) is 0 Å². The molecule has 0 aliphatic heterocycles. The maximum atomic E-state index is 4.12. The molecule has 2 nitrogen and oxygen atoms in total. The van der Waals surface area contributed by atoms with Gasteiger partial charge < -0.3 is 0 Å². The Morgan fingerprint density at radius 3 is 2.58 bits per heavy atom. The van der Waals surface area contributed by atoms with E-state index < -0.39 is 0 Å². The first-order valence-corrected chi connectivity index (χ1v) is 5.82. The van der Waals surface area contributed by atoms with Gasteiger partial charge in [0.1, 0.15) is 10.0 Å². The number of aryl methyl sites for hydroxylation is 1. The van der Waals surface area contributed by atoms with Crippen molar-refractivity contribution in [3.63, 3.8) is 0 Å². The number of alkyl halides is 1. The molecule has 0 radical (unpaired) electrons. The maximum Gasteiger partial charge on any atom is 0.121 e. The first kappa shape index (κ1) is 10.1. The van der Waals surface area contributed by atoms with E-state index in [1.807, 2.05) is 6.92 Å². The van der Waals surface area contributed by atoms with Gasteiger partial charge in [-0.3, -0.25) is 0 Å². The standard InChI is InChI=1S/C8H13BrN2S/c1-4-7(9)5(2)8-11-10-6(3)12-8/h5,7H,4H2,1-3H3. The van der Waals surface area contributed by atoms with E-state index in [4.69, 9.17) is 0 Å². The molecule has 0 fully saturated rings. The lowest BCUT2D eigenvalue weighted by molar-refractivity contribution is 0.680. The Labute approximate surface area is 85.5 Å². The van der Waals surface area contributed by atoms with Crippen LogP contribution in [0.25, 0.3) is 0 Å². The molecule has 2 atom stereocenters. The van der Waals surface area contributed by atoms with E-state index in [2.05, 4.69) is 40.0 Å². The molecule has 0 spiro atoms. The zero-order chi connectivity index (χ0) is 9.14. The van der Waals surface area contributed by atoms with Crippen LogP contribution in [0.5, 0.6) is 0 Å². The first-order valence-electron chi connectivity index (χ1n) is 4.09. The van der Waals surface area contributed by atoms with Gasteiger partial charge in [0.15, 0.2) is 0 Å². The van der Waals surface area contributed by atoms with Crippen LogP contribution in [0.15, 0.2) is 0 Å². The van der Waals surface area contributed by atoms with E-state index in [1.54, 1.807) is 11.3 Å². The summed E-state index contributed by atoms with van der Waals surface area (Å²) in [6.45, 7) is 6.34. The third kappa shape index (κ3) is 2.26. The fraction of sp³-hybridized carbons (Fsp3) is 0.750. The fourth-order valence-electron chi connectivity index (χ4n) is 1.00. The Balaban J connectivity index is 2.70. The average Bonchev–Trinajstić information content (AvgIpc) is 2.49. The van der Waals surface area contributed by atoms with Crippen molar-refractivity contribution in [3.05, 3.63) is 10.0 Å². The van der Waals surface area contributed by atoms with Gasteiger partial charge in [-0.2, -0.15) is 0 Å². The minimum absolute atomic E-state index is 0.473. The lowest BCUT2D eigenvalue weighted by Crippen LogP contribution is -2.07. The summed E-state index contributed by atoms with van der Waals surface area (Å²) in [6, 6.07) is 0. The Bertz CT molecular complexity index is 249. The quantitative estimate of drug-likeness (QED) is 0.769. The zero-order valence-corrected chi connectivity index (χ0v) is 9.94. The summed E-state index contributed by atoms with van der Waals surface area (Å²) in [4.78, 5) is 0.518. The van der Waals surface area contributed by atoms with Crippen molar-refractivity contribution in [1.29, 1.82) is 0 Å². The van der Waals surface area contributed by atoms with E-state index in [1.165, 1.54) is 0 Å². The van der Waals surface area contributed by atoms with Crippen LogP contribution in [-0.4, -0.2) is 15.0 Å². The molecule has 1 heterocycles. The highest BCUT2D eigenvalue weighted by atomic mass is 79.9. The smallest absolute Gasteiger partial charge is 0.121 e. The molecular weight excluding hydrogens is 236 g/mol. The molecule has 1 rings (SSSR count). The summed E-state index contributed by atoms with van der Waals surface area (Å²) in [7, 11) is 0. The number of nitrogens with zero attached hydrogens (tertiary/aromatic N) is 2. The summed E-state index contributed by atoms with van der Waals surface area (Å²) >= 11 is 5.31. The summed E-state index contributed by atoms with van der Waals surface area (Å²) in [5.41, 5.74) is 0. The molecule has 0 aromatic carbocycles. The second-order valence-electron chi connectivity index (χ2n) is 2.87. The molecule has 0 saturated carbocycles. The fourth-order valence-corrected chi connectivity index (χ4v) is 2.25. The molecule has 2 unspecified atom stereocenters. The molecule has 12 heavy (non-hydrogen) atoms. The van der Waals surface area contributed by atoms with E-state index in [0.717, 1.165) is 16.4 Å². The predicted molar refractivity (Wildman–Crippen MR) is 56.1 cm³/mol. The number of halogens is 1. The van der Waals surface area contributed by atoms with Crippen LogP contribution in [0.1, 0.15) is 36.2 Å². The van der Waals surface area contributed by atoms with Crippen molar-refractivity contribution in [2.45, 2.75) is 37.9 Å². The number of rotatable bonds is 3. The van der Waals surface area contributed by atoms with E-state index in [-0.39, 0.29) is 0 Å². The second-order valence-corrected chi connectivity index (χ2v) is 5.26. The Morgan fingerprint density at radius 2 is 2.17 bits per heavy atom. The Hall–Kier alpha value is 0.0400. The van der Waals surface area contributed by atoms with Gasteiger partial charge in [-0.1, -0.05) is 29.8 Å². The van der Waals surface area contributed by atoms with Crippen LogP contribution >= 0.6 is 27.3 Å². The van der Waals surface area contributed by atoms with Crippen molar-refractivity contribution in [2.24, 2.45) is 0 Å². The summed E-state index contributed by atoms with van der Waals surface area (Å²) in [5.74, 6) is 0.473. The minimum Gasteiger partial charge on any atom is -0.144 e. The van der Waals surface area contributed by atoms with Crippen molar-refractivity contribution in [2.75, 3.05) is 0 Å². The summed E-state index contributed by atoms with van der Waals surface area (Å²) in [5, 5.41) is 10.3. The van der Waals surface area contributed by atoms with Gasteiger partial charge in [0.25, 0.3) is 0 Å². The average molecular weight is 249 g/mol. The largest absolute Gasteiger partial charge is 0.144 e. The van der Waals surface area contributed by atoms with Gasteiger partial charge >= 0.3 is 0 Å². The molecule has 0 aliphatic carbocycles. The summed E-state index contributed by atoms with van der Waals surface area (Å²) < 4.78 is 0. The van der Waals surface area contributed by atoms with Crippen LogP contribution in [-0.2, 0) is 0 Å². The third-order valence-corrected chi connectivity index (χ3v) is 4.34. The van der Waals surface area contributed by atoms with Gasteiger partial charge in [-0.15, -0.1) is 21.5 Å². The minimum atomic E-state index is 0.473. The number of hydrogen-bond donors (Lipinski definition) is 0. The van der Waals surface area contributed by atoms with Gasteiger partial charge in [0.05, 0.1) is 0 Å². The molecule has 1 aromatic heterocycles. The lowest BCUT2D eigenvalue weighted by Gasteiger charge is -2.12. The topological polar surface area (TPSA) is 25.8 Å². The van der Waals surface area contributed by atoms with E-state index in [9.17, 15) is 0 Å². The van der Waals surface area contributed by atoms with Crippen molar-refractivity contribution >= 4 is 27.3 Å². The van der Waals surface area contributed by atoms with Crippen molar-refractivity contribution < 1.29 is 0 Å². The monoisotopic (exact) mass is 248 g/mol. The molecule has 1 aromatic rings. The zero-order valence-electron chi connectivity index (χ0n) is 7.54. The molecule has 68 valence electrons. The Morgan fingerprint density at radius 1 is 1.50 bits per heavy atom. The maximum absolute atomic E-state index is 4.12. The highest BCUT2D eigenvalue weighted by Gasteiger charge is 2.17. The second kappa shape index (κ2) is 4.33. The lowest BCUT2D eigenvalue weighted by atomic mass is 10.1. The van der Waals surface area contributed by atoms with E-state index in [0.29, 0.717) is 10.7 Å². The number of hydrogen-bond acceptors (Lipinski definition) is 3. The molecule has 0 amide bonds. The van der Waals surface area contributed by atoms with Crippen LogP contribution in [0.2, 0.25) is 0 Å². The highest BCUT2D eigenvalue weighted by molar-refractivity contribution is 9.09. The van der Waals surface area contributed by atoms with Crippen LogP contribution in [0.4, 0.5) is 0 Å². The normalized spacial score (nSPS) is 16.0. The SMILES string of the molecule is CCC(Br)C(C)c1nnc(C)s1. The predicted octanol–water partition coefficient (Wildman–Crippen LogP) is 3.12. The Kier molecular flexibility index (Phi) is 3.65. The molecule has 0 saturated heterocycles. The van der Waals surface area contributed by atoms with Crippen LogP contribution < -0.4 is 0 Å². The first-order chi connectivity index (χ1) is 5.65. The molecular formula is C8H13BrN2S. The van der Waals surface area contributed by atoms with Gasteiger partial charge in [0.2, 0.25) is 0 Å². The van der Waals surface area contributed by atoms with Crippen molar-refractivity contribution in [1.82, 2.24) is 10.2 Å². The molecule has 0 N–H and O–H groups in total. The molecule has 4 heteroatoms. The van der Waals surface area contributed by atoms with Gasteiger partial charge in [0, 0.05) is 10.7 Å². The summed E-state index contributed by atoms with van der Waals surface area (Å²) in [6.07, 6.45) is 1.12. The van der Waals surface area contributed by atoms with E-state index >= 15 is 0 Å². The van der Waals surface area contributed by atoms with Gasteiger partial charge in [-0.25, -0.2) is 0 Å². The highest BCUT2D eigenvalue weighted by Crippen LogP contribution is 2.28. The van der Waals surface area contributed by atoms with Gasteiger partial charge in [-0.05, 0) is 13.3 Å². The van der Waals surface area contributed by atoms with Crippen molar-refractivity contribution in [3.8, 4) is 0 Å². The number of aromatic nitrogens is 2. The third-order valence-electron chi connectivity index (χ3n) is 1.86.